The number of rotatable bonds is 8. The molecule has 1 aromatic rings. The Kier molecular flexibility index (Phi) is 5.49. The van der Waals surface area contributed by atoms with E-state index in [4.69, 9.17) is 9.84 Å². The SMILES string of the molecule is C[C@@H](OCC1CC1)C(=O)N[C@@H](CC(=O)O)c1ccc(F)cc1. The molecule has 1 aromatic carbocycles. The van der Waals surface area contributed by atoms with Crippen molar-refractivity contribution in [1.82, 2.24) is 5.32 Å². The molecule has 22 heavy (non-hydrogen) atoms. The summed E-state index contributed by atoms with van der Waals surface area (Å²) >= 11 is 0. The highest BCUT2D eigenvalue weighted by atomic mass is 19.1. The minimum Gasteiger partial charge on any atom is -0.481 e. The van der Waals surface area contributed by atoms with Crippen molar-refractivity contribution in [2.75, 3.05) is 6.61 Å². The number of halogens is 1. The second-order valence-corrected chi connectivity index (χ2v) is 5.63. The first-order valence-electron chi connectivity index (χ1n) is 7.35. The highest BCUT2D eigenvalue weighted by molar-refractivity contribution is 5.81. The molecule has 0 radical (unpaired) electrons. The Morgan fingerprint density at radius 3 is 2.55 bits per heavy atom. The number of aliphatic carboxylic acids is 1. The van der Waals surface area contributed by atoms with Gasteiger partial charge in [0.2, 0.25) is 5.91 Å². The van der Waals surface area contributed by atoms with Gasteiger partial charge >= 0.3 is 5.97 Å². The number of nitrogens with one attached hydrogen (secondary N) is 1. The predicted octanol–water partition coefficient (Wildman–Crippen LogP) is 2.27. The van der Waals surface area contributed by atoms with Gasteiger partial charge < -0.3 is 15.2 Å². The van der Waals surface area contributed by atoms with Crippen molar-refractivity contribution in [3.63, 3.8) is 0 Å². The van der Waals surface area contributed by atoms with Gasteiger partial charge in [0.05, 0.1) is 19.1 Å². The van der Waals surface area contributed by atoms with Gasteiger partial charge in [-0.2, -0.15) is 0 Å². The molecule has 1 fully saturated rings. The maximum Gasteiger partial charge on any atom is 0.305 e. The molecular weight excluding hydrogens is 289 g/mol. The van der Waals surface area contributed by atoms with E-state index in [1.54, 1.807) is 6.92 Å². The fraction of sp³-hybridized carbons (Fsp3) is 0.500. The molecule has 2 N–H and O–H groups in total. The third kappa shape index (κ3) is 5.11. The second-order valence-electron chi connectivity index (χ2n) is 5.63. The molecule has 0 aliphatic heterocycles. The lowest BCUT2D eigenvalue weighted by molar-refractivity contribution is -0.138. The molecule has 5 nitrogen and oxygen atoms in total. The largest absolute Gasteiger partial charge is 0.481 e. The van der Waals surface area contributed by atoms with Crippen molar-refractivity contribution in [1.29, 1.82) is 0 Å². The van der Waals surface area contributed by atoms with Crippen LogP contribution in [0.1, 0.15) is 37.8 Å². The number of ether oxygens (including phenoxy) is 1. The Morgan fingerprint density at radius 2 is 2.00 bits per heavy atom. The van der Waals surface area contributed by atoms with Crippen LogP contribution in [0.2, 0.25) is 0 Å². The zero-order chi connectivity index (χ0) is 16.1. The third-order valence-corrected chi connectivity index (χ3v) is 3.62. The second kappa shape index (κ2) is 7.35. The van der Waals surface area contributed by atoms with E-state index in [2.05, 4.69) is 5.32 Å². The summed E-state index contributed by atoms with van der Waals surface area (Å²) in [7, 11) is 0. The lowest BCUT2D eigenvalue weighted by atomic mass is 10.0. The van der Waals surface area contributed by atoms with E-state index < -0.39 is 23.9 Å². The summed E-state index contributed by atoms with van der Waals surface area (Å²) in [4.78, 5) is 23.1. The smallest absolute Gasteiger partial charge is 0.305 e. The van der Waals surface area contributed by atoms with Crippen molar-refractivity contribution in [2.24, 2.45) is 5.92 Å². The molecule has 6 heteroatoms. The van der Waals surface area contributed by atoms with E-state index in [-0.39, 0.29) is 12.3 Å². The van der Waals surface area contributed by atoms with Crippen LogP contribution in [0, 0.1) is 11.7 Å². The summed E-state index contributed by atoms with van der Waals surface area (Å²) in [5.74, 6) is -1.27. The monoisotopic (exact) mass is 309 g/mol. The number of carbonyl (C=O) groups excluding carboxylic acids is 1. The lowest BCUT2D eigenvalue weighted by Crippen LogP contribution is -2.38. The first-order valence-corrected chi connectivity index (χ1v) is 7.35. The van der Waals surface area contributed by atoms with E-state index in [0.717, 1.165) is 12.8 Å². The van der Waals surface area contributed by atoms with Gasteiger partial charge in [0.15, 0.2) is 0 Å². The number of hydrogen-bond acceptors (Lipinski definition) is 3. The molecule has 1 amide bonds. The highest BCUT2D eigenvalue weighted by Crippen LogP contribution is 2.29. The Balaban J connectivity index is 1.96. The number of carboxylic acids is 1. The van der Waals surface area contributed by atoms with Crippen LogP contribution >= 0.6 is 0 Å². The van der Waals surface area contributed by atoms with Gasteiger partial charge in [-0.25, -0.2) is 4.39 Å². The van der Waals surface area contributed by atoms with Crippen molar-refractivity contribution >= 4 is 11.9 Å². The molecule has 0 aromatic heterocycles. The topological polar surface area (TPSA) is 75.6 Å². The third-order valence-electron chi connectivity index (χ3n) is 3.62. The van der Waals surface area contributed by atoms with Crippen LogP contribution in [-0.2, 0) is 14.3 Å². The zero-order valence-electron chi connectivity index (χ0n) is 12.4. The van der Waals surface area contributed by atoms with Crippen LogP contribution in [0.3, 0.4) is 0 Å². The van der Waals surface area contributed by atoms with Crippen molar-refractivity contribution < 1.29 is 23.8 Å². The summed E-state index contributed by atoms with van der Waals surface area (Å²) in [6, 6.07) is 4.71. The van der Waals surface area contributed by atoms with E-state index in [9.17, 15) is 14.0 Å². The minimum absolute atomic E-state index is 0.271. The first-order chi connectivity index (χ1) is 10.5. The summed E-state index contributed by atoms with van der Waals surface area (Å²) in [5, 5.41) is 11.6. The fourth-order valence-electron chi connectivity index (χ4n) is 2.05. The zero-order valence-corrected chi connectivity index (χ0v) is 12.4. The summed E-state index contributed by atoms with van der Waals surface area (Å²) in [6.07, 6.45) is 1.35. The molecule has 0 saturated heterocycles. The fourth-order valence-corrected chi connectivity index (χ4v) is 2.05. The number of carbonyl (C=O) groups is 2. The Bertz CT molecular complexity index is 527. The molecule has 120 valence electrons. The van der Waals surface area contributed by atoms with Crippen LogP contribution in [0.5, 0.6) is 0 Å². The highest BCUT2D eigenvalue weighted by Gasteiger charge is 2.25. The Labute approximate surface area is 128 Å². The lowest BCUT2D eigenvalue weighted by Gasteiger charge is -2.20. The minimum atomic E-state index is -1.04. The maximum absolute atomic E-state index is 13.0. The molecule has 0 unspecified atom stereocenters. The van der Waals surface area contributed by atoms with E-state index >= 15 is 0 Å². The molecule has 2 atom stereocenters. The Morgan fingerprint density at radius 1 is 1.36 bits per heavy atom. The van der Waals surface area contributed by atoms with Crippen LogP contribution in [-0.4, -0.2) is 29.7 Å². The molecule has 0 spiro atoms. The van der Waals surface area contributed by atoms with Gasteiger partial charge in [-0.15, -0.1) is 0 Å². The van der Waals surface area contributed by atoms with Gasteiger partial charge in [-0.1, -0.05) is 12.1 Å². The van der Waals surface area contributed by atoms with Gasteiger partial charge in [0.25, 0.3) is 0 Å². The molecule has 0 heterocycles. The van der Waals surface area contributed by atoms with Crippen LogP contribution in [0.15, 0.2) is 24.3 Å². The van der Waals surface area contributed by atoms with Gasteiger partial charge in [-0.05, 0) is 43.4 Å². The summed E-state index contributed by atoms with van der Waals surface area (Å²) in [6.45, 7) is 2.19. The first kappa shape index (κ1) is 16.4. The summed E-state index contributed by atoms with van der Waals surface area (Å²) in [5.41, 5.74) is 0.548. The van der Waals surface area contributed by atoms with E-state index in [1.165, 1.54) is 24.3 Å². The molecule has 1 saturated carbocycles. The molecule has 2 rings (SSSR count). The molecule has 0 bridgehead atoms. The van der Waals surface area contributed by atoms with E-state index in [0.29, 0.717) is 18.1 Å². The molecule has 1 aliphatic carbocycles. The summed E-state index contributed by atoms with van der Waals surface area (Å²) < 4.78 is 18.4. The Hall–Kier alpha value is -1.95. The van der Waals surface area contributed by atoms with Gasteiger partial charge in [-0.3, -0.25) is 9.59 Å². The standard InChI is InChI=1S/C16H20FNO4/c1-10(22-9-11-2-3-11)16(21)18-14(8-15(19)20)12-4-6-13(17)7-5-12/h4-7,10-11,14H,2-3,8-9H2,1H3,(H,18,21)(H,19,20)/t10-,14+/m1/s1. The average Bonchev–Trinajstić information content (AvgIpc) is 3.28. The molecule has 1 aliphatic rings. The number of hydrogen-bond donors (Lipinski definition) is 2. The number of amides is 1. The molecular formula is C16H20FNO4. The van der Waals surface area contributed by atoms with Crippen molar-refractivity contribution in [3.05, 3.63) is 35.6 Å². The maximum atomic E-state index is 13.0. The van der Waals surface area contributed by atoms with Crippen molar-refractivity contribution in [3.8, 4) is 0 Å². The average molecular weight is 309 g/mol. The predicted molar refractivity (Wildman–Crippen MR) is 77.7 cm³/mol. The number of carboxylic acid groups (broad SMARTS) is 1. The van der Waals surface area contributed by atoms with Crippen LogP contribution in [0.4, 0.5) is 4.39 Å². The van der Waals surface area contributed by atoms with Crippen molar-refractivity contribution in [2.45, 2.75) is 38.3 Å². The quantitative estimate of drug-likeness (QED) is 0.772. The van der Waals surface area contributed by atoms with Gasteiger partial charge in [0, 0.05) is 0 Å². The van der Waals surface area contributed by atoms with Crippen LogP contribution in [0.25, 0.3) is 0 Å². The normalized spacial score (nSPS) is 16.8. The number of benzene rings is 1. The van der Waals surface area contributed by atoms with E-state index in [1.807, 2.05) is 0 Å². The van der Waals surface area contributed by atoms with Crippen LogP contribution < -0.4 is 5.32 Å². The van der Waals surface area contributed by atoms with Gasteiger partial charge in [0.1, 0.15) is 11.9 Å².